The fourth-order valence-corrected chi connectivity index (χ4v) is 4.43. The Hall–Kier alpha value is -3.64. The van der Waals surface area contributed by atoms with Crippen molar-refractivity contribution in [1.82, 2.24) is 15.5 Å². The first-order valence-corrected chi connectivity index (χ1v) is 11.4. The lowest BCUT2D eigenvalue weighted by atomic mass is 9.81. The van der Waals surface area contributed by atoms with Gasteiger partial charge in [-0.25, -0.2) is 4.79 Å². The van der Waals surface area contributed by atoms with Crippen LogP contribution < -0.4 is 10.6 Å². The van der Waals surface area contributed by atoms with Gasteiger partial charge in [0.05, 0.1) is 6.04 Å². The molecule has 0 unspecified atom stereocenters. The molecule has 2 atom stereocenters. The number of benzene rings is 3. The zero-order chi connectivity index (χ0) is 24.5. The minimum absolute atomic E-state index is 0.342. The molecule has 3 aromatic rings. The number of aryl methyl sites for hydroxylation is 2. The molecule has 0 radical (unpaired) electrons. The molecule has 7 heteroatoms. The topological polar surface area (TPSA) is 78.5 Å². The van der Waals surface area contributed by atoms with Gasteiger partial charge in [-0.1, -0.05) is 72.3 Å². The van der Waals surface area contributed by atoms with Crippen molar-refractivity contribution in [2.24, 2.45) is 0 Å². The Bertz CT molecular complexity index is 1260. The van der Waals surface area contributed by atoms with E-state index in [9.17, 15) is 14.4 Å². The lowest BCUT2D eigenvalue weighted by Crippen LogP contribution is -2.46. The highest BCUT2D eigenvalue weighted by Crippen LogP contribution is 2.36. The second-order valence-electron chi connectivity index (χ2n) is 8.58. The summed E-state index contributed by atoms with van der Waals surface area (Å²) in [4.78, 5) is 40.6. The zero-order valence-electron chi connectivity index (χ0n) is 19.3. The lowest BCUT2D eigenvalue weighted by Gasteiger charge is -2.28. The van der Waals surface area contributed by atoms with Gasteiger partial charge < -0.3 is 10.6 Å². The predicted molar refractivity (Wildman–Crippen MR) is 131 cm³/mol. The molecule has 6 nitrogen and oxygen atoms in total. The zero-order valence-corrected chi connectivity index (χ0v) is 20.0. The summed E-state index contributed by atoms with van der Waals surface area (Å²) in [6.45, 7) is 5.37. The molecule has 0 aromatic heterocycles. The summed E-state index contributed by atoms with van der Waals surface area (Å²) in [6, 6.07) is 21.0. The maximum atomic E-state index is 13.8. The number of rotatable bonds is 6. The number of hydrogen-bond acceptors (Lipinski definition) is 3. The number of nitrogens with zero attached hydrogens (tertiary/aromatic N) is 1. The normalized spacial score (nSPS) is 18.5. The first-order valence-electron chi connectivity index (χ1n) is 11.0. The highest BCUT2D eigenvalue weighted by molar-refractivity contribution is 6.30. The molecule has 3 aromatic carbocycles. The van der Waals surface area contributed by atoms with Crippen LogP contribution in [0.1, 0.15) is 40.8 Å². The van der Waals surface area contributed by atoms with Crippen LogP contribution in [0.25, 0.3) is 0 Å². The molecule has 1 heterocycles. The van der Waals surface area contributed by atoms with Crippen LogP contribution >= 0.6 is 11.6 Å². The first kappa shape index (κ1) is 23.5. The van der Waals surface area contributed by atoms with Crippen LogP contribution in [0.3, 0.4) is 0 Å². The summed E-state index contributed by atoms with van der Waals surface area (Å²) in [5.74, 6) is -0.933. The van der Waals surface area contributed by atoms with Crippen LogP contribution in [-0.2, 0) is 15.1 Å². The summed E-state index contributed by atoms with van der Waals surface area (Å²) >= 11 is 6.05. The van der Waals surface area contributed by atoms with E-state index < -0.39 is 29.9 Å². The molecule has 1 aliphatic rings. The first-order chi connectivity index (χ1) is 16.2. The van der Waals surface area contributed by atoms with E-state index in [0.717, 1.165) is 21.6 Å². The fraction of sp³-hybridized carbons (Fsp3) is 0.222. The molecule has 1 aliphatic heterocycles. The molecule has 0 saturated carbocycles. The fourth-order valence-electron chi connectivity index (χ4n) is 4.23. The molecule has 34 heavy (non-hydrogen) atoms. The van der Waals surface area contributed by atoms with Crippen LogP contribution in [0.4, 0.5) is 4.79 Å². The van der Waals surface area contributed by atoms with E-state index in [1.165, 1.54) is 0 Å². The van der Waals surface area contributed by atoms with E-state index in [0.29, 0.717) is 16.1 Å². The Morgan fingerprint density at radius 2 is 1.71 bits per heavy atom. The molecule has 0 aliphatic carbocycles. The molecule has 0 spiro atoms. The average Bonchev–Trinajstić information content (AvgIpc) is 3.07. The van der Waals surface area contributed by atoms with E-state index in [1.54, 1.807) is 30.3 Å². The largest absolute Gasteiger partial charge is 0.348 e. The number of urea groups is 1. The number of carbonyl (C=O) groups is 3. The molecule has 4 rings (SSSR count). The molecule has 1 saturated heterocycles. The van der Waals surface area contributed by atoms with Gasteiger partial charge >= 0.3 is 6.03 Å². The Labute approximate surface area is 203 Å². The van der Waals surface area contributed by atoms with Gasteiger partial charge in [0, 0.05) is 5.02 Å². The monoisotopic (exact) mass is 475 g/mol. The molecule has 0 bridgehead atoms. The smallest absolute Gasteiger partial charge is 0.326 e. The molecular weight excluding hydrogens is 450 g/mol. The third-order valence-corrected chi connectivity index (χ3v) is 6.52. The highest BCUT2D eigenvalue weighted by Gasteiger charge is 2.54. The van der Waals surface area contributed by atoms with Crippen molar-refractivity contribution in [3.63, 3.8) is 0 Å². The highest BCUT2D eigenvalue weighted by atomic mass is 35.5. The Balaban J connectivity index is 1.63. The number of amides is 4. The quantitative estimate of drug-likeness (QED) is 0.510. The van der Waals surface area contributed by atoms with Gasteiger partial charge in [0.25, 0.3) is 5.91 Å². The lowest BCUT2D eigenvalue weighted by molar-refractivity contribution is -0.134. The number of carbonyl (C=O) groups excluding carboxylic acids is 3. The Kier molecular flexibility index (Phi) is 6.44. The van der Waals surface area contributed by atoms with Crippen LogP contribution in [0.5, 0.6) is 0 Å². The third-order valence-electron chi connectivity index (χ3n) is 6.28. The van der Waals surface area contributed by atoms with Gasteiger partial charge in [0.2, 0.25) is 5.91 Å². The van der Waals surface area contributed by atoms with E-state index in [-0.39, 0.29) is 6.04 Å². The molecule has 174 valence electrons. The van der Waals surface area contributed by atoms with Crippen LogP contribution in [0, 0.1) is 13.8 Å². The molecule has 1 fully saturated rings. The van der Waals surface area contributed by atoms with Gasteiger partial charge in [-0.15, -0.1) is 0 Å². The maximum absolute atomic E-state index is 13.8. The summed E-state index contributed by atoms with van der Waals surface area (Å²) in [6.07, 6.45) is 0. The average molecular weight is 476 g/mol. The van der Waals surface area contributed by atoms with Crippen molar-refractivity contribution in [3.05, 3.63) is 106 Å². The Morgan fingerprint density at radius 3 is 2.38 bits per heavy atom. The predicted octanol–water partition coefficient (Wildman–Crippen LogP) is 4.63. The van der Waals surface area contributed by atoms with Crippen molar-refractivity contribution in [3.8, 4) is 0 Å². The minimum atomic E-state index is -1.41. The van der Waals surface area contributed by atoms with Crippen molar-refractivity contribution in [2.75, 3.05) is 6.54 Å². The number of halogens is 1. The van der Waals surface area contributed by atoms with Crippen molar-refractivity contribution in [2.45, 2.75) is 32.4 Å². The van der Waals surface area contributed by atoms with Gasteiger partial charge in [-0.05, 0) is 60.7 Å². The standard InChI is InChI=1S/C27H26ClN3O3/c1-17-12-13-22(14-18(17)2)27(21-9-5-4-6-10-21)25(33)31(26(34)30-27)16-24(32)29-19(3)20-8-7-11-23(28)15-20/h4-15,19H,16H2,1-3H3,(H,29,32)(H,30,34)/t19-,27-/m1/s1. The maximum Gasteiger partial charge on any atom is 0.326 e. The number of nitrogens with one attached hydrogen (secondary N) is 2. The van der Waals surface area contributed by atoms with Crippen molar-refractivity contribution >= 4 is 29.4 Å². The second-order valence-corrected chi connectivity index (χ2v) is 9.02. The van der Waals surface area contributed by atoms with E-state index >= 15 is 0 Å². The number of imide groups is 1. The van der Waals surface area contributed by atoms with Crippen LogP contribution in [0.15, 0.2) is 72.8 Å². The summed E-state index contributed by atoms with van der Waals surface area (Å²) < 4.78 is 0. The second kappa shape index (κ2) is 9.31. The van der Waals surface area contributed by atoms with Gasteiger partial charge in [0.1, 0.15) is 6.54 Å². The third kappa shape index (κ3) is 4.29. The summed E-state index contributed by atoms with van der Waals surface area (Å²) in [5, 5.41) is 6.29. The van der Waals surface area contributed by atoms with Gasteiger partial charge in [0.15, 0.2) is 5.54 Å². The summed E-state index contributed by atoms with van der Waals surface area (Å²) in [7, 11) is 0. The Morgan fingerprint density at radius 1 is 0.971 bits per heavy atom. The van der Waals surface area contributed by atoms with Crippen LogP contribution in [0.2, 0.25) is 5.02 Å². The minimum Gasteiger partial charge on any atom is -0.348 e. The van der Waals surface area contributed by atoms with E-state index in [2.05, 4.69) is 10.6 Å². The molecule has 4 amide bonds. The van der Waals surface area contributed by atoms with Crippen molar-refractivity contribution in [1.29, 1.82) is 0 Å². The SMILES string of the molecule is Cc1ccc([C@@]2(c3ccccc3)NC(=O)N(CC(=O)N[C@H](C)c3cccc(Cl)c3)C2=O)cc1C. The summed E-state index contributed by atoms with van der Waals surface area (Å²) in [5.41, 5.74) is 2.78. The van der Waals surface area contributed by atoms with Gasteiger partial charge in [-0.2, -0.15) is 0 Å². The van der Waals surface area contributed by atoms with E-state index in [4.69, 9.17) is 11.6 Å². The van der Waals surface area contributed by atoms with E-state index in [1.807, 2.05) is 63.2 Å². The van der Waals surface area contributed by atoms with Crippen LogP contribution in [-0.4, -0.2) is 29.3 Å². The van der Waals surface area contributed by atoms with Gasteiger partial charge in [-0.3, -0.25) is 14.5 Å². The number of hydrogen-bond donors (Lipinski definition) is 2. The molecule has 2 N–H and O–H groups in total. The van der Waals surface area contributed by atoms with Crippen molar-refractivity contribution < 1.29 is 14.4 Å². The molecular formula is C27H26ClN3O3.